The molecular weight excluding hydrogens is 368 g/mol. The first kappa shape index (κ1) is 17.1. The molecule has 1 unspecified atom stereocenters. The number of para-hydroxylation sites is 2. The highest BCUT2D eigenvalue weighted by Crippen LogP contribution is 2.33. The molecule has 0 radical (unpaired) electrons. The van der Waals surface area contributed by atoms with Gasteiger partial charge in [0.15, 0.2) is 0 Å². The summed E-state index contributed by atoms with van der Waals surface area (Å²) < 4.78 is 2.97. The minimum atomic E-state index is 0.0491. The third-order valence-electron chi connectivity index (χ3n) is 5.22. The van der Waals surface area contributed by atoms with Gasteiger partial charge in [0.25, 0.3) is 5.91 Å². The van der Waals surface area contributed by atoms with Crippen LogP contribution in [0, 0.1) is 0 Å². The number of hydrogen-bond donors (Lipinski definition) is 0. The Morgan fingerprint density at radius 1 is 1.07 bits per heavy atom. The Morgan fingerprint density at radius 2 is 1.89 bits per heavy atom. The van der Waals surface area contributed by atoms with Crippen molar-refractivity contribution in [3.05, 3.63) is 77.6 Å². The van der Waals surface area contributed by atoms with Gasteiger partial charge in [-0.1, -0.05) is 30.3 Å². The normalized spacial score (nSPS) is 17.1. The molecule has 2 aromatic heterocycles. The average molecular weight is 388 g/mol. The zero-order valence-corrected chi connectivity index (χ0v) is 16.2. The van der Waals surface area contributed by atoms with Crippen LogP contribution in [-0.4, -0.2) is 38.7 Å². The molecule has 6 heteroatoms. The lowest BCUT2D eigenvalue weighted by atomic mass is 9.98. The van der Waals surface area contributed by atoms with Crippen LogP contribution in [0.2, 0.25) is 0 Å². The number of thiazole rings is 1. The molecule has 140 valence electrons. The van der Waals surface area contributed by atoms with Gasteiger partial charge in [0.1, 0.15) is 0 Å². The number of likely N-dealkylation sites (tertiary alicyclic amines) is 1. The molecule has 5 rings (SSSR count). The second-order valence-electron chi connectivity index (χ2n) is 7.12. The highest BCUT2D eigenvalue weighted by atomic mass is 32.1. The highest BCUT2D eigenvalue weighted by molar-refractivity contribution is 7.18. The van der Waals surface area contributed by atoms with Gasteiger partial charge in [0.2, 0.25) is 0 Å². The standard InChI is InChI=1S/C22H20N4OS/c27-22(17-13-23-26(15-17)18-8-2-1-3-9-18)25-12-6-7-16(14-25)21-24-19-10-4-5-11-20(19)28-21/h1-5,8-11,13,15-16H,6-7,12,14H2. The molecule has 0 spiro atoms. The van der Waals surface area contributed by atoms with E-state index in [0.717, 1.165) is 42.1 Å². The number of fused-ring (bicyclic) bond motifs is 1. The first-order chi connectivity index (χ1) is 13.8. The Kier molecular flexibility index (Phi) is 4.41. The first-order valence-corrected chi connectivity index (χ1v) is 10.3. The van der Waals surface area contributed by atoms with E-state index in [2.05, 4.69) is 17.2 Å². The van der Waals surface area contributed by atoms with E-state index in [1.807, 2.05) is 53.6 Å². The van der Waals surface area contributed by atoms with Gasteiger partial charge in [-0.3, -0.25) is 4.79 Å². The third-order valence-corrected chi connectivity index (χ3v) is 6.42. The molecule has 1 saturated heterocycles. The van der Waals surface area contributed by atoms with Crippen molar-refractivity contribution < 1.29 is 4.79 Å². The SMILES string of the molecule is O=C(c1cnn(-c2ccccc2)c1)N1CCCC(c2nc3ccccc3s2)C1. The van der Waals surface area contributed by atoms with E-state index in [1.54, 1.807) is 22.2 Å². The van der Waals surface area contributed by atoms with Gasteiger partial charge in [-0.25, -0.2) is 9.67 Å². The monoisotopic (exact) mass is 388 g/mol. The zero-order chi connectivity index (χ0) is 18.9. The molecule has 28 heavy (non-hydrogen) atoms. The van der Waals surface area contributed by atoms with E-state index in [4.69, 9.17) is 4.98 Å². The predicted octanol–water partition coefficient (Wildman–Crippen LogP) is 4.50. The van der Waals surface area contributed by atoms with Crippen molar-refractivity contribution in [3.8, 4) is 5.69 Å². The van der Waals surface area contributed by atoms with Crippen molar-refractivity contribution in [2.24, 2.45) is 0 Å². The van der Waals surface area contributed by atoms with Gasteiger partial charge in [0, 0.05) is 25.2 Å². The number of aromatic nitrogens is 3. The number of benzene rings is 2. The Bertz CT molecular complexity index is 1080. The molecule has 0 N–H and O–H groups in total. The Labute approximate surface area is 167 Å². The van der Waals surface area contributed by atoms with Crippen LogP contribution in [0.15, 0.2) is 67.0 Å². The third kappa shape index (κ3) is 3.20. The van der Waals surface area contributed by atoms with Gasteiger partial charge in [-0.05, 0) is 37.1 Å². The number of piperidine rings is 1. The maximum absolute atomic E-state index is 13.0. The second-order valence-corrected chi connectivity index (χ2v) is 8.18. The summed E-state index contributed by atoms with van der Waals surface area (Å²) in [4.78, 5) is 19.8. The minimum absolute atomic E-state index is 0.0491. The van der Waals surface area contributed by atoms with Gasteiger partial charge in [0.05, 0.1) is 32.7 Å². The Hall–Kier alpha value is -2.99. The molecule has 4 aromatic rings. The molecule has 0 aliphatic carbocycles. The van der Waals surface area contributed by atoms with Crippen LogP contribution >= 0.6 is 11.3 Å². The van der Waals surface area contributed by atoms with Gasteiger partial charge in [-0.15, -0.1) is 11.3 Å². The van der Waals surface area contributed by atoms with Crippen molar-refractivity contribution in [1.82, 2.24) is 19.7 Å². The van der Waals surface area contributed by atoms with Gasteiger partial charge < -0.3 is 4.90 Å². The molecule has 1 atom stereocenters. The molecule has 5 nitrogen and oxygen atoms in total. The summed E-state index contributed by atoms with van der Waals surface area (Å²) >= 11 is 1.75. The molecule has 0 saturated carbocycles. The number of carbonyl (C=O) groups is 1. The van der Waals surface area contributed by atoms with Crippen molar-refractivity contribution in [2.45, 2.75) is 18.8 Å². The second kappa shape index (κ2) is 7.20. The van der Waals surface area contributed by atoms with Gasteiger partial charge in [-0.2, -0.15) is 5.10 Å². The van der Waals surface area contributed by atoms with E-state index < -0.39 is 0 Å². The summed E-state index contributed by atoms with van der Waals surface area (Å²) in [5, 5.41) is 5.50. The molecule has 0 bridgehead atoms. The van der Waals surface area contributed by atoms with Crippen LogP contribution in [0.3, 0.4) is 0 Å². The van der Waals surface area contributed by atoms with Crippen LogP contribution in [0.25, 0.3) is 15.9 Å². The quantitative estimate of drug-likeness (QED) is 0.519. The fourth-order valence-electron chi connectivity index (χ4n) is 3.77. The lowest BCUT2D eigenvalue weighted by Gasteiger charge is -2.31. The van der Waals surface area contributed by atoms with Crippen molar-refractivity contribution in [1.29, 1.82) is 0 Å². The van der Waals surface area contributed by atoms with E-state index in [1.165, 1.54) is 4.70 Å². The minimum Gasteiger partial charge on any atom is -0.338 e. The van der Waals surface area contributed by atoms with Crippen LogP contribution in [0.5, 0.6) is 0 Å². The van der Waals surface area contributed by atoms with Gasteiger partial charge >= 0.3 is 0 Å². The number of nitrogens with zero attached hydrogens (tertiary/aromatic N) is 4. The fraction of sp³-hybridized carbons (Fsp3) is 0.227. The van der Waals surface area contributed by atoms with Crippen LogP contribution in [-0.2, 0) is 0 Å². The van der Waals surface area contributed by atoms with Crippen LogP contribution in [0.1, 0.15) is 34.1 Å². The summed E-state index contributed by atoms with van der Waals surface area (Å²) in [7, 11) is 0. The van der Waals surface area contributed by atoms with Crippen LogP contribution in [0.4, 0.5) is 0 Å². The lowest BCUT2D eigenvalue weighted by Crippen LogP contribution is -2.39. The topological polar surface area (TPSA) is 51.0 Å². The first-order valence-electron chi connectivity index (χ1n) is 9.53. The fourth-order valence-corrected chi connectivity index (χ4v) is 4.86. The summed E-state index contributed by atoms with van der Waals surface area (Å²) in [5.74, 6) is 0.354. The highest BCUT2D eigenvalue weighted by Gasteiger charge is 2.28. The number of rotatable bonds is 3. The molecule has 3 heterocycles. The Balaban J connectivity index is 1.35. The molecule has 1 aliphatic rings. The maximum Gasteiger partial charge on any atom is 0.257 e. The summed E-state index contributed by atoms with van der Waals surface area (Å²) in [5.41, 5.74) is 2.64. The van der Waals surface area contributed by atoms with Crippen molar-refractivity contribution in [3.63, 3.8) is 0 Å². The van der Waals surface area contributed by atoms with E-state index in [9.17, 15) is 4.79 Å². The largest absolute Gasteiger partial charge is 0.338 e. The molecular formula is C22H20N4OS. The maximum atomic E-state index is 13.0. The van der Waals surface area contributed by atoms with E-state index >= 15 is 0 Å². The zero-order valence-electron chi connectivity index (χ0n) is 15.4. The molecule has 1 fully saturated rings. The average Bonchev–Trinajstić information content (AvgIpc) is 3.41. The molecule has 1 amide bonds. The van der Waals surface area contributed by atoms with E-state index in [-0.39, 0.29) is 5.91 Å². The number of amides is 1. The van der Waals surface area contributed by atoms with Crippen molar-refractivity contribution in [2.75, 3.05) is 13.1 Å². The summed E-state index contributed by atoms with van der Waals surface area (Å²) in [6.07, 6.45) is 5.56. The number of carbonyl (C=O) groups excluding carboxylic acids is 1. The Morgan fingerprint density at radius 3 is 2.75 bits per heavy atom. The molecule has 1 aliphatic heterocycles. The molecule has 2 aromatic carbocycles. The summed E-state index contributed by atoms with van der Waals surface area (Å²) in [6.45, 7) is 1.51. The number of hydrogen-bond acceptors (Lipinski definition) is 4. The van der Waals surface area contributed by atoms with E-state index in [0.29, 0.717) is 11.5 Å². The predicted molar refractivity (Wildman–Crippen MR) is 111 cm³/mol. The van der Waals surface area contributed by atoms with Crippen LogP contribution < -0.4 is 0 Å². The van der Waals surface area contributed by atoms with Crippen molar-refractivity contribution >= 4 is 27.5 Å². The smallest absolute Gasteiger partial charge is 0.257 e. The summed E-state index contributed by atoms with van der Waals surface area (Å²) in [6, 6.07) is 18.1. The lowest BCUT2D eigenvalue weighted by molar-refractivity contribution is 0.0707.